The summed E-state index contributed by atoms with van der Waals surface area (Å²) in [7, 11) is 0. The fraction of sp³-hybridized carbons (Fsp3) is 0.500. The Morgan fingerprint density at radius 2 is 2.11 bits per heavy atom. The minimum Gasteiger partial charge on any atom is -0.368 e. The van der Waals surface area contributed by atoms with Crippen molar-refractivity contribution in [2.75, 3.05) is 5.32 Å². The Balaban J connectivity index is 2.65. The number of hydrogen-bond donors (Lipinski definition) is 3. The van der Waals surface area contributed by atoms with Crippen LogP contribution in [0.15, 0.2) is 11.4 Å². The number of rotatable bonds is 6. The van der Waals surface area contributed by atoms with Crippen LogP contribution in [0.5, 0.6) is 0 Å². The molecule has 0 aromatic carbocycles. The van der Waals surface area contributed by atoms with Gasteiger partial charge in [0.15, 0.2) is 0 Å². The van der Waals surface area contributed by atoms with Gasteiger partial charge >= 0.3 is 0 Å². The van der Waals surface area contributed by atoms with Gasteiger partial charge in [-0.3, -0.25) is 9.59 Å². The maximum Gasteiger partial charge on any atom is 0.234 e. The summed E-state index contributed by atoms with van der Waals surface area (Å²) in [4.78, 5) is 23.3. The lowest BCUT2D eigenvalue weighted by molar-refractivity contribution is -0.121. The summed E-state index contributed by atoms with van der Waals surface area (Å²) >= 11 is 1.53. The molecule has 1 aromatic rings. The Morgan fingerprint density at radius 3 is 2.61 bits per heavy atom. The Hall–Kier alpha value is -1.40. The molecular weight excluding hydrogens is 250 g/mol. The van der Waals surface area contributed by atoms with Crippen LogP contribution >= 0.6 is 11.3 Å². The lowest BCUT2D eigenvalue weighted by atomic mass is 10.0. The summed E-state index contributed by atoms with van der Waals surface area (Å²) < 4.78 is 0. The van der Waals surface area contributed by atoms with E-state index in [0.717, 1.165) is 10.6 Å². The number of thiophene rings is 1. The van der Waals surface area contributed by atoms with E-state index in [9.17, 15) is 9.59 Å². The van der Waals surface area contributed by atoms with Crippen LogP contribution in [0.1, 0.15) is 25.6 Å². The zero-order valence-electron chi connectivity index (χ0n) is 10.8. The Bertz CT molecular complexity index is 429. The smallest absolute Gasteiger partial charge is 0.234 e. The maximum atomic E-state index is 11.3. The first-order valence-corrected chi connectivity index (χ1v) is 6.66. The van der Waals surface area contributed by atoms with Crippen molar-refractivity contribution in [3.8, 4) is 0 Å². The molecule has 4 N–H and O–H groups in total. The van der Waals surface area contributed by atoms with Gasteiger partial charge in [0.25, 0.3) is 0 Å². The predicted molar refractivity (Wildman–Crippen MR) is 73.3 cm³/mol. The molecule has 1 unspecified atom stereocenters. The second kappa shape index (κ2) is 6.51. The van der Waals surface area contributed by atoms with Crippen molar-refractivity contribution < 1.29 is 9.59 Å². The number of carbonyl (C=O) groups excluding carboxylic acids is 2. The minimum absolute atomic E-state index is 0.107. The fourth-order valence-corrected chi connectivity index (χ4v) is 2.43. The molecule has 0 radical (unpaired) electrons. The average Bonchev–Trinajstić information content (AvgIpc) is 2.64. The fourth-order valence-electron chi connectivity index (χ4n) is 1.65. The van der Waals surface area contributed by atoms with E-state index in [2.05, 4.69) is 10.6 Å². The van der Waals surface area contributed by atoms with Gasteiger partial charge < -0.3 is 16.4 Å². The third-order valence-electron chi connectivity index (χ3n) is 2.51. The number of nitrogens with two attached hydrogens (primary N) is 1. The van der Waals surface area contributed by atoms with Crippen LogP contribution in [0.25, 0.3) is 0 Å². The van der Waals surface area contributed by atoms with Gasteiger partial charge in [0.05, 0.1) is 11.7 Å². The van der Waals surface area contributed by atoms with Gasteiger partial charge in [0.2, 0.25) is 11.8 Å². The van der Waals surface area contributed by atoms with Crippen LogP contribution in [0.4, 0.5) is 5.69 Å². The van der Waals surface area contributed by atoms with Gasteiger partial charge in [0, 0.05) is 18.3 Å². The van der Waals surface area contributed by atoms with E-state index < -0.39 is 0 Å². The van der Waals surface area contributed by atoms with E-state index in [1.807, 2.05) is 25.3 Å². The van der Waals surface area contributed by atoms with Gasteiger partial charge in [-0.25, -0.2) is 0 Å². The molecule has 100 valence electrons. The van der Waals surface area contributed by atoms with Gasteiger partial charge in [-0.05, 0) is 17.4 Å². The highest BCUT2D eigenvalue weighted by molar-refractivity contribution is 7.10. The van der Waals surface area contributed by atoms with E-state index in [4.69, 9.17) is 5.73 Å². The quantitative estimate of drug-likeness (QED) is 0.728. The highest BCUT2D eigenvalue weighted by Crippen LogP contribution is 2.22. The van der Waals surface area contributed by atoms with E-state index in [1.165, 1.54) is 18.3 Å². The first-order chi connectivity index (χ1) is 8.41. The largest absolute Gasteiger partial charge is 0.368 e. The molecule has 0 bridgehead atoms. The normalized spacial score (nSPS) is 12.4. The molecule has 0 fully saturated rings. The van der Waals surface area contributed by atoms with Crippen molar-refractivity contribution in [2.24, 2.45) is 11.7 Å². The molecule has 1 aromatic heterocycles. The third kappa shape index (κ3) is 4.12. The van der Waals surface area contributed by atoms with E-state index in [0.29, 0.717) is 6.54 Å². The van der Waals surface area contributed by atoms with E-state index in [-0.39, 0.29) is 23.8 Å². The SMILES string of the molecule is CC(=O)Nc1ccsc1CNC(C(N)=O)C(C)C. The van der Waals surface area contributed by atoms with Crippen LogP contribution in [-0.4, -0.2) is 17.9 Å². The zero-order valence-corrected chi connectivity index (χ0v) is 11.6. The number of amides is 2. The standard InChI is InChI=1S/C12H19N3O2S/c1-7(2)11(12(13)17)14-6-10-9(4-5-18-10)15-8(3)16/h4-5,7,11,14H,6H2,1-3H3,(H2,13,17)(H,15,16). The van der Waals surface area contributed by atoms with Crippen LogP contribution in [-0.2, 0) is 16.1 Å². The van der Waals surface area contributed by atoms with Gasteiger partial charge in [0.1, 0.15) is 0 Å². The van der Waals surface area contributed by atoms with Gasteiger partial charge in [-0.1, -0.05) is 13.8 Å². The topological polar surface area (TPSA) is 84.2 Å². The van der Waals surface area contributed by atoms with Crippen molar-refractivity contribution in [3.05, 3.63) is 16.3 Å². The highest BCUT2D eigenvalue weighted by Gasteiger charge is 2.19. The van der Waals surface area contributed by atoms with Gasteiger partial charge in [-0.15, -0.1) is 11.3 Å². The molecule has 0 aliphatic carbocycles. The number of carbonyl (C=O) groups is 2. The number of hydrogen-bond acceptors (Lipinski definition) is 4. The first kappa shape index (κ1) is 14.7. The Morgan fingerprint density at radius 1 is 1.44 bits per heavy atom. The molecule has 0 aliphatic heterocycles. The van der Waals surface area contributed by atoms with Crippen molar-refractivity contribution in [1.29, 1.82) is 0 Å². The summed E-state index contributed by atoms with van der Waals surface area (Å²) in [5.74, 6) is -0.334. The second-order valence-electron chi connectivity index (χ2n) is 4.44. The van der Waals surface area contributed by atoms with Gasteiger partial charge in [-0.2, -0.15) is 0 Å². The van der Waals surface area contributed by atoms with Crippen molar-refractivity contribution in [2.45, 2.75) is 33.4 Å². The molecule has 0 saturated carbocycles. The molecule has 18 heavy (non-hydrogen) atoms. The van der Waals surface area contributed by atoms with Crippen molar-refractivity contribution >= 4 is 28.8 Å². The minimum atomic E-state index is -0.364. The molecular formula is C12H19N3O2S. The van der Waals surface area contributed by atoms with Crippen molar-refractivity contribution in [1.82, 2.24) is 5.32 Å². The Labute approximate surface area is 111 Å². The van der Waals surface area contributed by atoms with Crippen LogP contribution in [0.3, 0.4) is 0 Å². The number of anilines is 1. The molecule has 0 aliphatic rings. The third-order valence-corrected chi connectivity index (χ3v) is 3.43. The molecule has 1 atom stereocenters. The Kier molecular flexibility index (Phi) is 5.30. The lowest BCUT2D eigenvalue weighted by Crippen LogP contribution is -2.44. The molecule has 0 spiro atoms. The molecule has 2 amide bonds. The second-order valence-corrected chi connectivity index (χ2v) is 5.44. The maximum absolute atomic E-state index is 11.3. The lowest BCUT2D eigenvalue weighted by Gasteiger charge is -2.18. The summed E-state index contributed by atoms with van der Waals surface area (Å²) in [6, 6.07) is 1.48. The van der Waals surface area contributed by atoms with Crippen LogP contribution < -0.4 is 16.4 Å². The molecule has 1 rings (SSSR count). The van der Waals surface area contributed by atoms with E-state index in [1.54, 1.807) is 0 Å². The summed E-state index contributed by atoms with van der Waals surface area (Å²) in [6.07, 6.45) is 0. The summed E-state index contributed by atoms with van der Waals surface area (Å²) in [5, 5.41) is 7.77. The number of primary amides is 1. The molecule has 6 heteroatoms. The molecule has 0 saturated heterocycles. The zero-order chi connectivity index (χ0) is 13.7. The van der Waals surface area contributed by atoms with Crippen LogP contribution in [0, 0.1) is 5.92 Å². The van der Waals surface area contributed by atoms with E-state index >= 15 is 0 Å². The average molecular weight is 269 g/mol. The summed E-state index contributed by atoms with van der Waals surface area (Å²) in [6.45, 7) is 5.85. The monoisotopic (exact) mass is 269 g/mol. The number of nitrogens with one attached hydrogen (secondary N) is 2. The summed E-state index contributed by atoms with van der Waals surface area (Å²) in [5.41, 5.74) is 6.11. The highest BCUT2D eigenvalue weighted by atomic mass is 32.1. The first-order valence-electron chi connectivity index (χ1n) is 5.78. The van der Waals surface area contributed by atoms with Crippen molar-refractivity contribution in [3.63, 3.8) is 0 Å². The molecule has 1 heterocycles. The molecule has 5 nitrogen and oxygen atoms in total. The van der Waals surface area contributed by atoms with Crippen LogP contribution in [0.2, 0.25) is 0 Å². The predicted octanol–water partition coefficient (Wildman–Crippen LogP) is 1.31.